The van der Waals surface area contributed by atoms with Crippen LogP contribution in [0.1, 0.15) is 11.1 Å². The molecule has 8 aromatic rings. The third kappa shape index (κ3) is 3.47. The van der Waals surface area contributed by atoms with Crippen molar-refractivity contribution in [2.24, 2.45) is 0 Å². The van der Waals surface area contributed by atoms with E-state index in [0.29, 0.717) is 16.7 Å². The molecule has 0 bridgehead atoms. The Kier molecular flexibility index (Phi) is 5.22. The van der Waals surface area contributed by atoms with E-state index in [1.165, 1.54) is 0 Å². The summed E-state index contributed by atoms with van der Waals surface area (Å²) in [6, 6.07) is 44.4. The van der Waals surface area contributed by atoms with Crippen LogP contribution in [0.25, 0.3) is 77.3 Å². The third-order valence-electron chi connectivity index (χ3n) is 8.00. The molecule has 8 rings (SSSR count). The van der Waals surface area contributed by atoms with Crippen molar-refractivity contribution < 1.29 is 8.83 Å². The monoisotopic (exact) mass is 536 g/mol. The maximum Gasteiger partial charge on any atom is 0.136 e. The summed E-state index contributed by atoms with van der Waals surface area (Å²) in [6.45, 7) is 0. The average molecular weight is 537 g/mol. The fourth-order valence-electron chi connectivity index (χ4n) is 6.14. The summed E-state index contributed by atoms with van der Waals surface area (Å²) in [4.78, 5) is 0. The number of benzene rings is 6. The van der Waals surface area contributed by atoms with Crippen LogP contribution in [0.5, 0.6) is 0 Å². The number of nitriles is 2. The summed E-state index contributed by atoms with van der Waals surface area (Å²) in [5, 5.41) is 25.2. The first kappa shape index (κ1) is 23.8. The van der Waals surface area contributed by atoms with Crippen molar-refractivity contribution in [3.8, 4) is 45.5 Å². The van der Waals surface area contributed by atoms with Crippen molar-refractivity contribution in [2.75, 3.05) is 0 Å². The fraction of sp³-hybridized carbons (Fsp3) is 0. The van der Waals surface area contributed by atoms with Gasteiger partial charge in [0, 0.05) is 38.2 Å². The first-order valence-corrected chi connectivity index (χ1v) is 13.6. The molecule has 0 radical (unpaired) electrons. The van der Waals surface area contributed by atoms with Crippen LogP contribution in [0, 0.1) is 22.7 Å². The van der Waals surface area contributed by atoms with Crippen LogP contribution >= 0.6 is 0 Å². The Balaban J connectivity index is 1.50. The third-order valence-corrected chi connectivity index (χ3v) is 8.00. The number of furan rings is 2. The number of hydrogen-bond donors (Lipinski definition) is 0. The maximum absolute atomic E-state index is 10.7. The molecule has 0 unspecified atom stereocenters. The van der Waals surface area contributed by atoms with Crippen LogP contribution < -0.4 is 0 Å². The molecule has 4 nitrogen and oxygen atoms in total. The Morgan fingerprint density at radius 3 is 1.83 bits per heavy atom. The van der Waals surface area contributed by atoms with Gasteiger partial charge in [0.15, 0.2) is 0 Å². The Labute approximate surface area is 240 Å². The predicted molar refractivity (Wildman–Crippen MR) is 167 cm³/mol. The van der Waals surface area contributed by atoms with Gasteiger partial charge >= 0.3 is 0 Å². The van der Waals surface area contributed by atoms with E-state index in [1.54, 1.807) is 0 Å². The second-order valence-electron chi connectivity index (χ2n) is 10.3. The van der Waals surface area contributed by atoms with Gasteiger partial charge in [-0.15, -0.1) is 0 Å². The predicted octanol–water partition coefficient (Wildman–Crippen LogP) is 10.2. The topological polar surface area (TPSA) is 73.9 Å². The van der Waals surface area contributed by atoms with Crippen LogP contribution in [-0.4, -0.2) is 0 Å². The molecule has 0 aliphatic carbocycles. The lowest BCUT2D eigenvalue weighted by atomic mass is 9.83. The molecule has 0 N–H and O–H groups in total. The van der Waals surface area contributed by atoms with Crippen LogP contribution in [0.2, 0.25) is 0 Å². The summed E-state index contributed by atoms with van der Waals surface area (Å²) >= 11 is 0. The minimum atomic E-state index is 0.446. The van der Waals surface area contributed by atoms with Gasteiger partial charge in [-0.05, 0) is 53.1 Å². The van der Waals surface area contributed by atoms with Crippen molar-refractivity contribution in [3.63, 3.8) is 0 Å². The maximum atomic E-state index is 10.7. The molecular weight excluding hydrogens is 516 g/mol. The van der Waals surface area contributed by atoms with E-state index in [9.17, 15) is 10.5 Å². The number of fused-ring (bicyclic) bond motifs is 6. The van der Waals surface area contributed by atoms with Crippen LogP contribution in [-0.2, 0) is 0 Å². The van der Waals surface area contributed by atoms with Crippen molar-refractivity contribution in [2.45, 2.75) is 0 Å². The van der Waals surface area contributed by atoms with Crippen LogP contribution in [0.3, 0.4) is 0 Å². The number of rotatable bonds is 3. The molecule has 42 heavy (non-hydrogen) atoms. The Hall–Kier alpha value is -6.10. The van der Waals surface area contributed by atoms with Gasteiger partial charge in [0.2, 0.25) is 0 Å². The minimum Gasteiger partial charge on any atom is -0.456 e. The lowest BCUT2D eigenvalue weighted by Crippen LogP contribution is -1.98. The van der Waals surface area contributed by atoms with Gasteiger partial charge in [-0.2, -0.15) is 10.5 Å². The van der Waals surface area contributed by atoms with Crippen LogP contribution in [0.15, 0.2) is 130 Å². The number of hydrogen-bond acceptors (Lipinski definition) is 4. The zero-order valence-electron chi connectivity index (χ0n) is 22.3. The first-order chi connectivity index (χ1) is 20.7. The van der Waals surface area contributed by atoms with Crippen molar-refractivity contribution >= 4 is 43.9 Å². The van der Waals surface area contributed by atoms with E-state index in [0.717, 1.165) is 71.7 Å². The summed E-state index contributed by atoms with van der Waals surface area (Å²) < 4.78 is 12.4. The molecule has 4 heteroatoms. The van der Waals surface area contributed by atoms with E-state index in [2.05, 4.69) is 12.1 Å². The molecule has 0 saturated heterocycles. The minimum absolute atomic E-state index is 0.446. The molecule has 0 spiro atoms. The van der Waals surface area contributed by atoms with Gasteiger partial charge in [0.05, 0.1) is 11.1 Å². The van der Waals surface area contributed by atoms with Crippen molar-refractivity contribution in [3.05, 3.63) is 132 Å². The van der Waals surface area contributed by atoms with Gasteiger partial charge < -0.3 is 8.83 Å². The molecule has 0 fully saturated rings. The molecule has 6 aromatic carbocycles. The Morgan fingerprint density at radius 1 is 0.429 bits per heavy atom. The van der Waals surface area contributed by atoms with Gasteiger partial charge in [0.1, 0.15) is 34.5 Å². The first-order valence-electron chi connectivity index (χ1n) is 13.6. The highest BCUT2D eigenvalue weighted by Gasteiger charge is 2.24. The lowest BCUT2D eigenvalue weighted by molar-refractivity contribution is 0.668. The quantitative estimate of drug-likeness (QED) is 0.225. The number of nitrogens with zero attached hydrogens (tertiary/aromatic N) is 2. The summed E-state index contributed by atoms with van der Waals surface area (Å²) in [5.74, 6) is 0. The molecule has 194 valence electrons. The molecule has 2 aromatic heterocycles. The average Bonchev–Trinajstić information content (AvgIpc) is 3.62. The second-order valence-corrected chi connectivity index (χ2v) is 10.3. The zero-order valence-corrected chi connectivity index (χ0v) is 22.3. The van der Waals surface area contributed by atoms with Gasteiger partial charge in [-0.25, -0.2) is 0 Å². The summed E-state index contributed by atoms with van der Waals surface area (Å²) in [5.41, 5.74) is 8.59. The highest BCUT2D eigenvalue weighted by molar-refractivity contribution is 6.14. The van der Waals surface area contributed by atoms with Gasteiger partial charge in [-0.3, -0.25) is 0 Å². The molecule has 0 atom stereocenters. The van der Waals surface area contributed by atoms with Crippen molar-refractivity contribution in [1.82, 2.24) is 0 Å². The van der Waals surface area contributed by atoms with Gasteiger partial charge in [0.25, 0.3) is 0 Å². The molecule has 0 saturated carbocycles. The molecule has 0 amide bonds. The van der Waals surface area contributed by atoms with Gasteiger partial charge in [-0.1, -0.05) is 84.9 Å². The molecule has 0 aliphatic rings. The highest BCUT2D eigenvalue weighted by atomic mass is 16.3. The van der Waals surface area contributed by atoms with Crippen LogP contribution in [0.4, 0.5) is 0 Å². The largest absolute Gasteiger partial charge is 0.456 e. The molecule has 0 aliphatic heterocycles. The van der Waals surface area contributed by atoms with E-state index in [1.807, 2.05) is 121 Å². The molecular formula is C38H20N2O2. The number of para-hydroxylation sites is 2. The highest BCUT2D eigenvalue weighted by Crippen LogP contribution is 2.45. The summed E-state index contributed by atoms with van der Waals surface area (Å²) in [7, 11) is 0. The Morgan fingerprint density at radius 2 is 1.05 bits per heavy atom. The van der Waals surface area contributed by atoms with E-state index in [-0.39, 0.29) is 0 Å². The normalized spacial score (nSPS) is 11.3. The molecule has 2 heterocycles. The summed E-state index contributed by atoms with van der Waals surface area (Å²) in [6.07, 6.45) is 0. The van der Waals surface area contributed by atoms with E-state index < -0.39 is 0 Å². The SMILES string of the molecule is N#Cc1c(-c2ccc3c(c2)oc2ccccc23)cc(-c2cccc3oc4ccccc4c23)c(C#N)c1-c1ccccc1. The smallest absolute Gasteiger partial charge is 0.136 e. The van der Waals surface area contributed by atoms with E-state index >= 15 is 0 Å². The fourth-order valence-corrected chi connectivity index (χ4v) is 6.14. The van der Waals surface area contributed by atoms with Crippen molar-refractivity contribution in [1.29, 1.82) is 10.5 Å². The Bertz CT molecular complexity index is 2430. The standard InChI is InChI=1S/C38H20N2O2/c39-21-31-29(24-17-18-26-25-11-4-6-14-33(25)42-36(26)19-24)20-30(32(22-40)37(31)23-9-2-1-3-10-23)27-13-8-16-35-38(27)28-12-5-7-15-34(28)41-35/h1-20H. The zero-order chi connectivity index (χ0) is 28.2. The lowest BCUT2D eigenvalue weighted by Gasteiger charge is -2.17. The second kappa shape index (κ2) is 9.24. The van der Waals surface area contributed by atoms with E-state index in [4.69, 9.17) is 8.83 Å².